The van der Waals surface area contributed by atoms with Crippen LogP contribution < -0.4 is 4.74 Å². The quantitative estimate of drug-likeness (QED) is 0.215. The summed E-state index contributed by atoms with van der Waals surface area (Å²) in [6.45, 7) is 2.01. The van der Waals surface area contributed by atoms with Crippen molar-refractivity contribution >= 4 is 28.6 Å². The van der Waals surface area contributed by atoms with E-state index in [4.69, 9.17) is 9.47 Å². The third kappa shape index (κ3) is 9.10. The van der Waals surface area contributed by atoms with Crippen LogP contribution >= 0.6 is 22.6 Å². The number of rotatable bonds is 8. The average Bonchev–Trinajstić information content (AvgIpc) is 2.75. The Labute approximate surface area is 211 Å². The molecule has 0 aliphatic carbocycles. The molecular weight excluding hydrogens is 593 g/mol. The van der Waals surface area contributed by atoms with Gasteiger partial charge in [0, 0.05) is 18.6 Å². The van der Waals surface area contributed by atoms with Crippen molar-refractivity contribution in [2.45, 2.75) is 31.8 Å². The molecule has 35 heavy (non-hydrogen) atoms. The molecule has 11 heteroatoms. The highest BCUT2D eigenvalue weighted by molar-refractivity contribution is 14.1. The summed E-state index contributed by atoms with van der Waals surface area (Å²) in [6.07, 6.45) is -7.95. The first kappa shape index (κ1) is 28.5. The first-order chi connectivity index (χ1) is 16.3. The van der Waals surface area contributed by atoms with Gasteiger partial charge in [-0.15, -0.1) is 0 Å². The standard InChI is InChI=1S/C24H19F6IO4/c1-2-34-21(22(32)33)13-16-7-8-20(19(31)12-16)35-9-5-3-4-6-15-10-17(23(25,26)27)14-18(11-15)24(28,29)30/h3,5,7-8,10-12,14,21H,2,9,13H2,1H3,(H,32,33). The fourth-order valence-electron chi connectivity index (χ4n) is 2.82. The van der Waals surface area contributed by atoms with E-state index in [1.807, 2.05) is 22.6 Å². The zero-order valence-corrected chi connectivity index (χ0v) is 20.3. The monoisotopic (exact) mass is 612 g/mol. The van der Waals surface area contributed by atoms with Crippen molar-refractivity contribution in [3.05, 3.63) is 74.4 Å². The molecule has 2 rings (SSSR count). The highest BCUT2D eigenvalue weighted by Crippen LogP contribution is 2.36. The van der Waals surface area contributed by atoms with Crippen LogP contribution in [-0.4, -0.2) is 30.4 Å². The molecule has 4 nitrogen and oxygen atoms in total. The number of aliphatic carboxylic acids is 1. The van der Waals surface area contributed by atoms with Crippen molar-refractivity contribution in [3.63, 3.8) is 0 Å². The van der Waals surface area contributed by atoms with Crippen LogP contribution in [0.4, 0.5) is 26.3 Å². The number of alkyl halides is 6. The lowest BCUT2D eigenvalue weighted by Crippen LogP contribution is -2.26. The van der Waals surface area contributed by atoms with Gasteiger partial charge in [0.2, 0.25) is 0 Å². The number of hydrogen-bond donors (Lipinski definition) is 1. The van der Waals surface area contributed by atoms with Gasteiger partial charge in [-0.25, -0.2) is 4.79 Å². The molecule has 0 fully saturated rings. The van der Waals surface area contributed by atoms with Crippen LogP contribution in [0, 0.1) is 15.4 Å². The van der Waals surface area contributed by atoms with Crippen LogP contribution in [0.5, 0.6) is 5.75 Å². The molecule has 188 valence electrons. The second-order valence-corrected chi connectivity index (χ2v) is 8.19. The summed E-state index contributed by atoms with van der Waals surface area (Å²) in [5.41, 5.74) is -2.55. The Bertz CT molecular complexity index is 1100. The minimum Gasteiger partial charge on any atom is -0.488 e. The van der Waals surface area contributed by atoms with E-state index in [9.17, 15) is 36.2 Å². The van der Waals surface area contributed by atoms with Crippen molar-refractivity contribution in [1.29, 1.82) is 0 Å². The molecule has 0 saturated heterocycles. The van der Waals surface area contributed by atoms with Crippen molar-refractivity contribution in [3.8, 4) is 17.6 Å². The number of benzene rings is 2. The van der Waals surface area contributed by atoms with Gasteiger partial charge in [0.25, 0.3) is 0 Å². The van der Waals surface area contributed by atoms with E-state index in [1.165, 1.54) is 12.2 Å². The number of hydrogen-bond acceptors (Lipinski definition) is 3. The minimum atomic E-state index is -4.94. The van der Waals surface area contributed by atoms with Crippen LogP contribution in [0.3, 0.4) is 0 Å². The van der Waals surface area contributed by atoms with E-state index in [1.54, 1.807) is 25.1 Å². The van der Waals surface area contributed by atoms with Gasteiger partial charge in [-0.2, -0.15) is 26.3 Å². The minimum absolute atomic E-state index is 0.0388. The second-order valence-electron chi connectivity index (χ2n) is 7.03. The third-order valence-corrected chi connectivity index (χ3v) is 5.24. The molecular formula is C24H19F6IO4. The highest BCUT2D eigenvalue weighted by atomic mass is 127. The lowest BCUT2D eigenvalue weighted by molar-refractivity contribution is -0.150. The summed E-state index contributed by atoms with van der Waals surface area (Å²) in [5.74, 6) is 4.11. The number of ether oxygens (including phenoxy) is 2. The van der Waals surface area contributed by atoms with Gasteiger partial charge in [-0.1, -0.05) is 17.9 Å². The molecule has 2 aromatic rings. The fraction of sp³-hybridized carbons (Fsp3) is 0.292. The third-order valence-electron chi connectivity index (χ3n) is 4.40. The number of carboxylic acid groups (broad SMARTS) is 1. The average molecular weight is 612 g/mol. The van der Waals surface area contributed by atoms with E-state index < -0.39 is 41.1 Å². The first-order valence-corrected chi connectivity index (χ1v) is 11.1. The van der Waals surface area contributed by atoms with Crippen molar-refractivity contribution in [1.82, 2.24) is 0 Å². The van der Waals surface area contributed by atoms with Crippen LogP contribution in [0.1, 0.15) is 29.2 Å². The van der Waals surface area contributed by atoms with Crippen molar-refractivity contribution in [2.24, 2.45) is 0 Å². The van der Waals surface area contributed by atoms with Crippen LogP contribution in [0.2, 0.25) is 0 Å². The molecule has 1 atom stereocenters. The van der Waals surface area contributed by atoms with Crippen LogP contribution in [0.15, 0.2) is 48.6 Å². The number of allylic oxidation sites excluding steroid dienone is 1. The van der Waals surface area contributed by atoms with Gasteiger partial charge in [0.1, 0.15) is 12.4 Å². The fourth-order valence-corrected chi connectivity index (χ4v) is 3.55. The molecule has 0 radical (unpaired) electrons. The van der Waals surface area contributed by atoms with Gasteiger partial charge < -0.3 is 14.6 Å². The van der Waals surface area contributed by atoms with Crippen molar-refractivity contribution in [2.75, 3.05) is 13.2 Å². The van der Waals surface area contributed by atoms with Crippen LogP contribution in [0.25, 0.3) is 0 Å². The van der Waals surface area contributed by atoms with E-state index in [-0.39, 0.29) is 25.7 Å². The summed E-state index contributed by atoms with van der Waals surface area (Å²) < 4.78 is 88.8. The smallest absolute Gasteiger partial charge is 0.416 e. The molecule has 1 unspecified atom stereocenters. The Morgan fingerprint density at radius 2 is 1.71 bits per heavy atom. The molecule has 0 aromatic heterocycles. The maximum atomic E-state index is 12.9. The maximum Gasteiger partial charge on any atom is 0.416 e. The van der Waals surface area contributed by atoms with E-state index in [0.717, 1.165) is 5.56 Å². The largest absolute Gasteiger partial charge is 0.488 e. The lowest BCUT2D eigenvalue weighted by Gasteiger charge is -2.13. The molecule has 0 heterocycles. The maximum absolute atomic E-state index is 12.9. The van der Waals surface area contributed by atoms with E-state index in [2.05, 4.69) is 11.8 Å². The number of carbonyl (C=O) groups is 1. The SMILES string of the molecule is CCOC(Cc1ccc(OCC=CC#Cc2cc(C(F)(F)F)cc(C(F)(F)F)c2)c(I)c1)C(=O)O. The van der Waals surface area contributed by atoms with Gasteiger partial charge in [-0.05, 0) is 77.6 Å². The second kappa shape index (κ2) is 12.3. The predicted octanol–water partition coefficient (Wildman–Crippen LogP) is 6.35. The van der Waals surface area contributed by atoms with Crippen LogP contribution in [-0.2, 0) is 28.3 Å². The van der Waals surface area contributed by atoms with E-state index in [0.29, 0.717) is 21.5 Å². The zero-order chi connectivity index (χ0) is 26.2. The molecule has 0 aliphatic rings. The predicted molar refractivity (Wildman–Crippen MR) is 124 cm³/mol. The molecule has 0 amide bonds. The molecule has 1 N–H and O–H groups in total. The van der Waals surface area contributed by atoms with Gasteiger partial charge in [0.15, 0.2) is 6.10 Å². The normalized spacial score (nSPS) is 12.8. The van der Waals surface area contributed by atoms with Gasteiger partial charge >= 0.3 is 18.3 Å². The van der Waals surface area contributed by atoms with E-state index >= 15 is 0 Å². The number of halogens is 7. The molecule has 2 aromatic carbocycles. The summed E-state index contributed by atoms with van der Waals surface area (Å²) in [5, 5.41) is 9.18. The molecule has 0 saturated carbocycles. The molecule has 0 bridgehead atoms. The Morgan fingerprint density at radius 3 is 2.23 bits per heavy atom. The zero-order valence-electron chi connectivity index (χ0n) is 18.1. The summed E-state index contributed by atoms with van der Waals surface area (Å²) in [4.78, 5) is 11.2. The number of carboxylic acids is 1. The Morgan fingerprint density at radius 1 is 1.09 bits per heavy atom. The summed E-state index contributed by atoms with van der Waals surface area (Å²) >= 11 is 2.02. The highest BCUT2D eigenvalue weighted by Gasteiger charge is 2.36. The van der Waals surface area contributed by atoms with Crippen molar-refractivity contribution < 1.29 is 45.7 Å². The van der Waals surface area contributed by atoms with Gasteiger partial charge in [0.05, 0.1) is 14.7 Å². The Kier molecular flexibility index (Phi) is 10.0. The summed E-state index contributed by atoms with van der Waals surface area (Å²) in [7, 11) is 0. The van der Waals surface area contributed by atoms with Gasteiger partial charge in [-0.3, -0.25) is 0 Å². The first-order valence-electron chi connectivity index (χ1n) is 10.0. The molecule has 0 aliphatic heterocycles. The topological polar surface area (TPSA) is 55.8 Å². The Hall–Kier alpha value is -2.72. The molecule has 0 spiro atoms. The Balaban J connectivity index is 2.03. The lowest BCUT2D eigenvalue weighted by atomic mass is 10.0. The summed E-state index contributed by atoms with van der Waals surface area (Å²) in [6, 6.07) is 6.25.